The van der Waals surface area contributed by atoms with Crippen molar-refractivity contribution in [3.8, 4) is 5.75 Å². The van der Waals surface area contributed by atoms with Crippen molar-refractivity contribution in [2.75, 3.05) is 0 Å². The molecule has 0 saturated carbocycles. The van der Waals surface area contributed by atoms with Crippen LogP contribution >= 0.6 is 0 Å². The molecule has 2 aromatic heterocycles. The van der Waals surface area contributed by atoms with Crippen molar-refractivity contribution in [3.63, 3.8) is 0 Å². The maximum absolute atomic E-state index is 12.3. The molecule has 28 heavy (non-hydrogen) atoms. The lowest BCUT2D eigenvalue weighted by atomic mass is 10.2. The van der Waals surface area contributed by atoms with Crippen molar-refractivity contribution in [2.45, 2.75) is 19.7 Å². The molecule has 0 aliphatic rings. The number of ether oxygens (including phenoxy) is 1. The molecule has 0 atom stereocenters. The average Bonchev–Trinajstić information content (AvgIpc) is 3.14. The number of carbonyl (C=O) groups is 1. The Labute approximate surface area is 163 Å². The predicted octanol–water partition coefficient (Wildman–Crippen LogP) is 3.93. The largest absolute Gasteiger partial charge is 0.489 e. The summed E-state index contributed by atoms with van der Waals surface area (Å²) in [5.41, 5.74) is 3.12. The van der Waals surface area contributed by atoms with Crippen LogP contribution in [0.2, 0.25) is 0 Å². The molecule has 5 heteroatoms. The van der Waals surface area contributed by atoms with Gasteiger partial charge in [0.25, 0.3) is 0 Å². The zero-order valence-corrected chi connectivity index (χ0v) is 15.4. The van der Waals surface area contributed by atoms with Crippen LogP contribution in [0.1, 0.15) is 11.1 Å². The topological polar surface area (TPSA) is 56.1 Å². The molecule has 140 valence electrons. The van der Waals surface area contributed by atoms with Gasteiger partial charge in [0.05, 0.1) is 5.52 Å². The molecule has 4 rings (SSSR count). The fourth-order valence-corrected chi connectivity index (χ4v) is 3.04. The van der Waals surface area contributed by atoms with Gasteiger partial charge in [-0.3, -0.25) is 9.78 Å². The van der Waals surface area contributed by atoms with E-state index in [1.165, 1.54) is 0 Å². The van der Waals surface area contributed by atoms with Gasteiger partial charge in [0.1, 0.15) is 18.9 Å². The van der Waals surface area contributed by atoms with Crippen molar-refractivity contribution in [1.29, 1.82) is 0 Å². The first-order valence-electron chi connectivity index (χ1n) is 9.19. The van der Waals surface area contributed by atoms with Crippen LogP contribution in [0.4, 0.5) is 0 Å². The van der Waals surface area contributed by atoms with Gasteiger partial charge < -0.3 is 14.6 Å². The zero-order valence-electron chi connectivity index (χ0n) is 15.4. The third-order valence-electron chi connectivity index (χ3n) is 4.55. The molecule has 4 aromatic rings. The minimum atomic E-state index is -0.0371. The van der Waals surface area contributed by atoms with Gasteiger partial charge in [-0.25, -0.2) is 0 Å². The quantitative estimate of drug-likeness (QED) is 0.535. The van der Waals surface area contributed by atoms with Gasteiger partial charge in [0, 0.05) is 31.2 Å². The molecule has 1 amide bonds. The summed E-state index contributed by atoms with van der Waals surface area (Å²) < 4.78 is 7.85. The molecule has 2 aromatic carbocycles. The SMILES string of the molecule is O=C(Cn1ccc2ccc(OCc3ccccc3)cc21)NCc1ccncc1. The van der Waals surface area contributed by atoms with Gasteiger partial charge in [-0.15, -0.1) is 0 Å². The maximum Gasteiger partial charge on any atom is 0.240 e. The summed E-state index contributed by atoms with van der Waals surface area (Å²) in [6.07, 6.45) is 5.37. The van der Waals surface area contributed by atoms with Crippen LogP contribution in [0.25, 0.3) is 10.9 Å². The number of hydrogen-bond acceptors (Lipinski definition) is 3. The Morgan fingerprint density at radius 3 is 2.61 bits per heavy atom. The molecule has 0 spiro atoms. The Hall–Kier alpha value is -3.60. The molecule has 0 fully saturated rings. The fourth-order valence-electron chi connectivity index (χ4n) is 3.04. The molecule has 0 saturated heterocycles. The highest BCUT2D eigenvalue weighted by molar-refractivity contribution is 5.84. The second-order valence-corrected chi connectivity index (χ2v) is 6.57. The average molecular weight is 371 g/mol. The molecular weight excluding hydrogens is 350 g/mol. The fraction of sp³-hybridized carbons (Fsp3) is 0.130. The number of rotatable bonds is 7. The molecule has 5 nitrogen and oxygen atoms in total. The van der Waals surface area contributed by atoms with E-state index in [1.54, 1.807) is 12.4 Å². The summed E-state index contributed by atoms with van der Waals surface area (Å²) in [6, 6.07) is 21.8. The smallest absolute Gasteiger partial charge is 0.240 e. The van der Waals surface area contributed by atoms with Crippen LogP contribution in [0.5, 0.6) is 5.75 Å². The van der Waals surface area contributed by atoms with Crippen LogP contribution in [0.3, 0.4) is 0 Å². The van der Waals surface area contributed by atoms with Crippen LogP contribution in [0, 0.1) is 0 Å². The van der Waals surface area contributed by atoms with Gasteiger partial charge in [0.2, 0.25) is 5.91 Å². The summed E-state index contributed by atoms with van der Waals surface area (Å²) >= 11 is 0. The van der Waals surface area contributed by atoms with E-state index in [0.717, 1.165) is 27.8 Å². The highest BCUT2D eigenvalue weighted by Gasteiger charge is 2.08. The van der Waals surface area contributed by atoms with Crippen molar-refractivity contribution in [2.24, 2.45) is 0 Å². The van der Waals surface area contributed by atoms with E-state index >= 15 is 0 Å². The number of amides is 1. The number of carbonyl (C=O) groups excluding carboxylic acids is 1. The van der Waals surface area contributed by atoms with Gasteiger partial charge in [-0.1, -0.05) is 30.3 Å². The standard InChI is InChI=1S/C23H21N3O2/c27-23(25-15-18-8-11-24-12-9-18)16-26-13-10-20-6-7-21(14-22(20)26)28-17-19-4-2-1-3-5-19/h1-14H,15-17H2,(H,25,27). The lowest BCUT2D eigenvalue weighted by molar-refractivity contribution is -0.121. The van der Waals surface area contributed by atoms with E-state index in [9.17, 15) is 4.79 Å². The number of nitrogens with one attached hydrogen (secondary N) is 1. The third kappa shape index (κ3) is 4.38. The Bertz CT molecular complexity index is 1060. The molecule has 0 aliphatic heterocycles. The van der Waals surface area contributed by atoms with Crippen LogP contribution < -0.4 is 10.1 Å². The Morgan fingerprint density at radius 2 is 1.79 bits per heavy atom. The number of pyridine rings is 1. The number of benzene rings is 2. The first kappa shape index (κ1) is 17.8. The molecular formula is C23H21N3O2. The van der Waals surface area contributed by atoms with Crippen LogP contribution in [0.15, 0.2) is 85.3 Å². The monoisotopic (exact) mass is 371 g/mol. The Kier molecular flexibility index (Phi) is 5.33. The minimum absolute atomic E-state index is 0.0371. The van der Waals surface area contributed by atoms with Gasteiger partial charge >= 0.3 is 0 Å². The van der Waals surface area contributed by atoms with Crippen LogP contribution in [-0.2, 0) is 24.5 Å². The zero-order chi connectivity index (χ0) is 19.2. The van der Waals surface area contributed by atoms with Crippen LogP contribution in [-0.4, -0.2) is 15.5 Å². The number of hydrogen-bond donors (Lipinski definition) is 1. The van der Waals surface area contributed by atoms with E-state index in [1.807, 2.05) is 77.5 Å². The minimum Gasteiger partial charge on any atom is -0.489 e. The van der Waals surface area contributed by atoms with E-state index in [-0.39, 0.29) is 12.5 Å². The van der Waals surface area contributed by atoms with E-state index in [2.05, 4.69) is 10.3 Å². The van der Waals surface area contributed by atoms with Crippen molar-refractivity contribution in [1.82, 2.24) is 14.9 Å². The Balaban J connectivity index is 1.41. The van der Waals surface area contributed by atoms with E-state index in [4.69, 9.17) is 4.74 Å². The first-order valence-corrected chi connectivity index (χ1v) is 9.19. The molecule has 1 N–H and O–H groups in total. The second-order valence-electron chi connectivity index (χ2n) is 6.57. The first-order chi connectivity index (χ1) is 13.8. The summed E-state index contributed by atoms with van der Waals surface area (Å²) in [6.45, 7) is 1.27. The molecule has 0 aliphatic carbocycles. The molecule has 0 bridgehead atoms. The van der Waals surface area contributed by atoms with Crippen molar-refractivity contribution >= 4 is 16.8 Å². The summed E-state index contributed by atoms with van der Waals surface area (Å²) in [5.74, 6) is 0.749. The summed E-state index contributed by atoms with van der Waals surface area (Å²) in [7, 11) is 0. The maximum atomic E-state index is 12.3. The summed E-state index contributed by atoms with van der Waals surface area (Å²) in [5, 5.41) is 4.02. The normalized spacial score (nSPS) is 10.7. The highest BCUT2D eigenvalue weighted by Crippen LogP contribution is 2.23. The molecule has 2 heterocycles. The van der Waals surface area contributed by atoms with E-state index < -0.39 is 0 Å². The second kappa shape index (κ2) is 8.39. The summed E-state index contributed by atoms with van der Waals surface area (Å²) in [4.78, 5) is 16.3. The van der Waals surface area contributed by atoms with Crippen molar-refractivity contribution in [3.05, 3.63) is 96.4 Å². The number of fused-ring (bicyclic) bond motifs is 1. The highest BCUT2D eigenvalue weighted by atomic mass is 16.5. The lowest BCUT2D eigenvalue weighted by Gasteiger charge is -2.10. The van der Waals surface area contributed by atoms with Gasteiger partial charge in [0.15, 0.2) is 0 Å². The number of nitrogens with zero attached hydrogens (tertiary/aromatic N) is 2. The van der Waals surface area contributed by atoms with Gasteiger partial charge in [-0.2, -0.15) is 0 Å². The van der Waals surface area contributed by atoms with Crippen molar-refractivity contribution < 1.29 is 9.53 Å². The van der Waals surface area contributed by atoms with E-state index in [0.29, 0.717) is 13.2 Å². The molecule has 0 radical (unpaired) electrons. The predicted molar refractivity (Wildman–Crippen MR) is 109 cm³/mol. The van der Waals surface area contributed by atoms with Gasteiger partial charge in [-0.05, 0) is 46.8 Å². The molecule has 0 unspecified atom stereocenters. The Morgan fingerprint density at radius 1 is 0.964 bits per heavy atom. The third-order valence-corrected chi connectivity index (χ3v) is 4.55. The lowest BCUT2D eigenvalue weighted by Crippen LogP contribution is -2.26. The number of aromatic nitrogens is 2.